The fourth-order valence-electron chi connectivity index (χ4n) is 2.17. The Hall–Kier alpha value is -1.84. The van der Waals surface area contributed by atoms with Crippen molar-refractivity contribution >= 4 is 0 Å². The van der Waals surface area contributed by atoms with Crippen molar-refractivity contribution < 1.29 is 10.2 Å². The van der Waals surface area contributed by atoms with Crippen molar-refractivity contribution in [3.8, 4) is 5.75 Å². The molecule has 1 unspecified atom stereocenters. The highest BCUT2D eigenvalue weighted by molar-refractivity contribution is 5.35. The van der Waals surface area contributed by atoms with Crippen molar-refractivity contribution in [1.29, 1.82) is 0 Å². The minimum atomic E-state index is -0.177. The highest BCUT2D eigenvalue weighted by Crippen LogP contribution is 2.25. The molecule has 0 bridgehead atoms. The van der Waals surface area contributed by atoms with Gasteiger partial charge in [-0.1, -0.05) is 56.3 Å². The molecule has 3 nitrogen and oxygen atoms in total. The first-order chi connectivity index (χ1) is 10.0. The summed E-state index contributed by atoms with van der Waals surface area (Å²) in [6.45, 7) is 4.89. The van der Waals surface area contributed by atoms with E-state index in [1.807, 2.05) is 44.2 Å². The maximum absolute atomic E-state index is 9.45. The van der Waals surface area contributed by atoms with Crippen molar-refractivity contribution in [1.82, 2.24) is 5.32 Å². The van der Waals surface area contributed by atoms with Gasteiger partial charge in [-0.05, 0) is 23.3 Å². The average molecular weight is 285 g/mol. The highest BCUT2D eigenvalue weighted by Gasteiger charge is 2.20. The van der Waals surface area contributed by atoms with E-state index in [-0.39, 0.29) is 23.8 Å². The second-order valence-corrected chi connectivity index (χ2v) is 6.14. The quantitative estimate of drug-likeness (QED) is 0.764. The molecule has 0 fully saturated rings. The third kappa shape index (κ3) is 4.31. The van der Waals surface area contributed by atoms with Crippen molar-refractivity contribution in [2.24, 2.45) is 5.41 Å². The normalized spacial score (nSPS) is 13.1. The van der Waals surface area contributed by atoms with Gasteiger partial charge < -0.3 is 15.5 Å². The Morgan fingerprint density at radius 2 is 1.52 bits per heavy atom. The first-order valence-corrected chi connectivity index (χ1v) is 7.20. The molecule has 0 saturated heterocycles. The summed E-state index contributed by atoms with van der Waals surface area (Å²) in [4.78, 5) is 0. The predicted molar refractivity (Wildman–Crippen MR) is 85.3 cm³/mol. The van der Waals surface area contributed by atoms with Gasteiger partial charge in [0.15, 0.2) is 0 Å². The Kier molecular flexibility index (Phi) is 4.99. The lowest BCUT2D eigenvalue weighted by Gasteiger charge is -2.27. The van der Waals surface area contributed by atoms with Crippen molar-refractivity contribution in [2.45, 2.75) is 19.9 Å². The number of phenolic OH excluding ortho intramolecular Hbond substituents is 1. The molecule has 0 aliphatic carbocycles. The maximum Gasteiger partial charge on any atom is 0.115 e. The minimum absolute atomic E-state index is 0.0395. The topological polar surface area (TPSA) is 52.5 Å². The van der Waals surface area contributed by atoms with Gasteiger partial charge in [0.05, 0.1) is 6.04 Å². The molecule has 2 rings (SSSR count). The molecule has 21 heavy (non-hydrogen) atoms. The van der Waals surface area contributed by atoms with Gasteiger partial charge >= 0.3 is 0 Å². The second kappa shape index (κ2) is 6.74. The first-order valence-electron chi connectivity index (χ1n) is 7.20. The Bertz CT molecular complexity index is 549. The lowest BCUT2D eigenvalue weighted by atomic mass is 9.92. The van der Waals surface area contributed by atoms with Gasteiger partial charge in [-0.2, -0.15) is 0 Å². The van der Waals surface area contributed by atoms with Gasteiger partial charge in [-0.15, -0.1) is 0 Å². The predicted octanol–water partition coefficient (Wildman–Crippen LogP) is 3.09. The summed E-state index contributed by atoms with van der Waals surface area (Å²) in [5.74, 6) is 0.265. The third-order valence-corrected chi connectivity index (χ3v) is 3.57. The van der Waals surface area contributed by atoms with Crippen LogP contribution in [0.2, 0.25) is 0 Å². The standard InChI is InChI=1S/C18H23NO2/c1-18(2,13-20)12-19-17(14-6-4-3-5-7-14)15-8-10-16(21)11-9-15/h3-11,17,19-21H,12-13H2,1-2H3. The van der Waals surface area contributed by atoms with Gasteiger partial charge in [0.25, 0.3) is 0 Å². The van der Waals surface area contributed by atoms with Crippen LogP contribution >= 0.6 is 0 Å². The van der Waals surface area contributed by atoms with Crippen molar-refractivity contribution in [3.05, 3.63) is 65.7 Å². The van der Waals surface area contributed by atoms with Crippen molar-refractivity contribution in [3.63, 3.8) is 0 Å². The Morgan fingerprint density at radius 3 is 2.10 bits per heavy atom. The SMILES string of the molecule is CC(C)(CO)CNC(c1ccccc1)c1ccc(O)cc1. The summed E-state index contributed by atoms with van der Waals surface area (Å²) in [6.07, 6.45) is 0. The molecule has 1 atom stereocenters. The van der Waals surface area contributed by atoms with Crippen LogP contribution in [-0.2, 0) is 0 Å². The molecular weight excluding hydrogens is 262 g/mol. The molecule has 2 aromatic carbocycles. The van der Waals surface area contributed by atoms with Gasteiger partial charge in [-0.25, -0.2) is 0 Å². The van der Waals surface area contributed by atoms with E-state index in [9.17, 15) is 10.2 Å². The summed E-state index contributed by atoms with van der Waals surface area (Å²) in [5, 5.41) is 22.4. The first kappa shape index (κ1) is 15.5. The zero-order valence-corrected chi connectivity index (χ0v) is 12.6. The molecule has 0 aliphatic rings. The number of nitrogens with one attached hydrogen (secondary N) is 1. The molecule has 0 spiro atoms. The Morgan fingerprint density at radius 1 is 0.952 bits per heavy atom. The fraction of sp³-hybridized carbons (Fsp3) is 0.333. The zero-order valence-electron chi connectivity index (χ0n) is 12.6. The number of aliphatic hydroxyl groups is 1. The Balaban J connectivity index is 2.25. The number of hydrogen-bond donors (Lipinski definition) is 3. The maximum atomic E-state index is 9.45. The highest BCUT2D eigenvalue weighted by atomic mass is 16.3. The smallest absolute Gasteiger partial charge is 0.115 e. The van der Waals surface area contributed by atoms with Crippen LogP contribution in [0.5, 0.6) is 5.75 Å². The molecular formula is C18H23NO2. The zero-order chi connectivity index (χ0) is 15.3. The second-order valence-electron chi connectivity index (χ2n) is 6.14. The molecule has 0 heterocycles. The van der Waals surface area contributed by atoms with Crippen LogP contribution in [0.25, 0.3) is 0 Å². The largest absolute Gasteiger partial charge is 0.508 e. The molecule has 0 aliphatic heterocycles. The summed E-state index contributed by atoms with van der Waals surface area (Å²) >= 11 is 0. The number of benzene rings is 2. The molecule has 112 valence electrons. The van der Waals surface area contributed by atoms with Crippen LogP contribution in [0.4, 0.5) is 0 Å². The number of phenols is 1. The average Bonchev–Trinajstić information content (AvgIpc) is 2.50. The molecule has 3 N–H and O–H groups in total. The van der Waals surface area contributed by atoms with Crippen LogP contribution in [0, 0.1) is 5.41 Å². The van der Waals surface area contributed by atoms with Crippen LogP contribution in [-0.4, -0.2) is 23.4 Å². The number of aliphatic hydroxyl groups excluding tert-OH is 1. The van der Waals surface area contributed by atoms with E-state index in [1.54, 1.807) is 12.1 Å². The number of aromatic hydroxyl groups is 1. The molecule has 3 heteroatoms. The van der Waals surface area contributed by atoms with E-state index in [0.29, 0.717) is 6.54 Å². The Labute approximate surface area is 126 Å². The molecule has 0 radical (unpaired) electrons. The van der Waals surface area contributed by atoms with Crippen LogP contribution in [0.1, 0.15) is 31.0 Å². The van der Waals surface area contributed by atoms with E-state index in [4.69, 9.17) is 0 Å². The van der Waals surface area contributed by atoms with Crippen LogP contribution in [0.15, 0.2) is 54.6 Å². The lowest BCUT2D eigenvalue weighted by molar-refractivity contribution is 0.154. The minimum Gasteiger partial charge on any atom is -0.508 e. The summed E-state index contributed by atoms with van der Waals surface area (Å²) in [6, 6.07) is 17.5. The van der Waals surface area contributed by atoms with E-state index >= 15 is 0 Å². The summed E-state index contributed by atoms with van der Waals surface area (Å²) in [7, 11) is 0. The third-order valence-electron chi connectivity index (χ3n) is 3.57. The molecule has 0 saturated carbocycles. The number of hydrogen-bond acceptors (Lipinski definition) is 3. The van der Waals surface area contributed by atoms with Gasteiger partial charge in [-0.3, -0.25) is 0 Å². The van der Waals surface area contributed by atoms with Gasteiger partial charge in [0.1, 0.15) is 5.75 Å². The van der Waals surface area contributed by atoms with Crippen molar-refractivity contribution in [2.75, 3.05) is 13.2 Å². The number of rotatable bonds is 6. The fourth-order valence-corrected chi connectivity index (χ4v) is 2.17. The van der Waals surface area contributed by atoms with Gasteiger partial charge in [0, 0.05) is 18.6 Å². The van der Waals surface area contributed by atoms with E-state index in [0.717, 1.165) is 11.1 Å². The van der Waals surface area contributed by atoms with Crippen LogP contribution in [0.3, 0.4) is 0 Å². The van der Waals surface area contributed by atoms with E-state index in [2.05, 4.69) is 17.4 Å². The molecule has 2 aromatic rings. The van der Waals surface area contributed by atoms with E-state index < -0.39 is 0 Å². The lowest BCUT2D eigenvalue weighted by Crippen LogP contribution is -2.35. The molecule has 0 aromatic heterocycles. The summed E-state index contributed by atoms with van der Waals surface area (Å²) < 4.78 is 0. The van der Waals surface area contributed by atoms with Gasteiger partial charge in [0.2, 0.25) is 0 Å². The summed E-state index contributed by atoms with van der Waals surface area (Å²) in [5.41, 5.74) is 2.08. The van der Waals surface area contributed by atoms with E-state index in [1.165, 1.54) is 0 Å². The van der Waals surface area contributed by atoms with Crippen LogP contribution < -0.4 is 5.32 Å². The monoisotopic (exact) mass is 285 g/mol. The molecule has 0 amide bonds.